The quantitative estimate of drug-likeness (QED) is 0.752. The van der Waals surface area contributed by atoms with Crippen LogP contribution in [0, 0.1) is 0 Å². The van der Waals surface area contributed by atoms with E-state index < -0.39 is 0 Å². The molecule has 0 fully saturated rings. The molecule has 1 aromatic heterocycles. The summed E-state index contributed by atoms with van der Waals surface area (Å²) < 4.78 is 10.7. The first-order valence-corrected chi connectivity index (χ1v) is 7.04. The van der Waals surface area contributed by atoms with E-state index in [2.05, 4.69) is 0 Å². The summed E-state index contributed by atoms with van der Waals surface area (Å²) >= 11 is 0. The molecule has 0 aliphatic rings. The van der Waals surface area contributed by atoms with E-state index in [4.69, 9.17) is 14.3 Å². The summed E-state index contributed by atoms with van der Waals surface area (Å²) in [5.41, 5.74) is 2.31. The Morgan fingerprint density at radius 3 is 2.59 bits per heavy atom. The fraction of sp³-hybridized carbons (Fsp3) is 0.167. The largest absolute Gasteiger partial charge is 0.496 e. The van der Waals surface area contributed by atoms with Crippen LogP contribution in [0.1, 0.15) is 5.56 Å². The Balaban J connectivity index is 2.22. The van der Waals surface area contributed by atoms with Gasteiger partial charge in [0.1, 0.15) is 11.3 Å². The Labute approximate surface area is 127 Å². The van der Waals surface area contributed by atoms with Crippen LogP contribution in [0.3, 0.4) is 0 Å². The molecule has 3 aromatic rings. The number of benzene rings is 2. The molecule has 0 bridgehead atoms. The predicted molar refractivity (Wildman–Crippen MR) is 85.3 cm³/mol. The summed E-state index contributed by atoms with van der Waals surface area (Å²) in [6.45, 7) is 0.0319. The topological polar surface area (TPSA) is 59.7 Å². The van der Waals surface area contributed by atoms with Gasteiger partial charge >= 0.3 is 5.63 Å². The van der Waals surface area contributed by atoms with Crippen LogP contribution >= 0.6 is 0 Å². The third kappa shape index (κ3) is 2.61. The van der Waals surface area contributed by atoms with Crippen LogP contribution < -0.4 is 10.4 Å². The number of methoxy groups -OCH3 is 1. The average Bonchev–Trinajstić information content (AvgIpc) is 2.55. The van der Waals surface area contributed by atoms with E-state index in [1.165, 1.54) is 0 Å². The zero-order valence-electron chi connectivity index (χ0n) is 12.2. The van der Waals surface area contributed by atoms with Crippen molar-refractivity contribution in [1.29, 1.82) is 0 Å². The first-order valence-electron chi connectivity index (χ1n) is 7.04. The van der Waals surface area contributed by atoms with Crippen LogP contribution in [0.5, 0.6) is 5.75 Å². The molecule has 0 atom stereocenters. The van der Waals surface area contributed by atoms with Crippen molar-refractivity contribution < 1.29 is 14.3 Å². The van der Waals surface area contributed by atoms with Crippen LogP contribution in [0.25, 0.3) is 22.1 Å². The van der Waals surface area contributed by atoms with Gasteiger partial charge in [0.2, 0.25) is 0 Å². The molecule has 22 heavy (non-hydrogen) atoms. The van der Waals surface area contributed by atoms with E-state index in [0.29, 0.717) is 23.3 Å². The minimum Gasteiger partial charge on any atom is -0.496 e. The van der Waals surface area contributed by atoms with Gasteiger partial charge in [0, 0.05) is 18.1 Å². The van der Waals surface area contributed by atoms with E-state index in [1.807, 2.05) is 42.5 Å². The smallest absolute Gasteiger partial charge is 0.344 e. The molecule has 0 unspecified atom stereocenters. The van der Waals surface area contributed by atoms with Crippen molar-refractivity contribution in [3.05, 3.63) is 64.5 Å². The highest BCUT2D eigenvalue weighted by Crippen LogP contribution is 2.28. The lowest BCUT2D eigenvalue weighted by Crippen LogP contribution is -2.03. The molecule has 0 spiro atoms. The van der Waals surface area contributed by atoms with Gasteiger partial charge < -0.3 is 14.3 Å². The molecule has 0 radical (unpaired) electrons. The van der Waals surface area contributed by atoms with E-state index in [-0.39, 0.29) is 12.2 Å². The lowest BCUT2D eigenvalue weighted by molar-refractivity contribution is 0.297. The molecule has 0 saturated carbocycles. The maximum absolute atomic E-state index is 12.2. The van der Waals surface area contributed by atoms with Crippen LogP contribution in [0.4, 0.5) is 0 Å². The van der Waals surface area contributed by atoms with Crippen LogP contribution in [0.15, 0.2) is 57.7 Å². The Morgan fingerprint density at radius 1 is 1.14 bits per heavy atom. The molecule has 0 saturated heterocycles. The van der Waals surface area contributed by atoms with Crippen molar-refractivity contribution in [2.75, 3.05) is 13.7 Å². The normalized spacial score (nSPS) is 10.8. The van der Waals surface area contributed by atoms with Crippen molar-refractivity contribution >= 4 is 11.0 Å². The third-order valence-corrected chi connectivity index (χ3v) is 3.60. The van der Waals surface area contributed by atoms with Crippen molar-refractivity contribution in [3.63, 3.8) is 0 Å². The van der Waals surface area contributed by atoms with Crippen LogP contribution in [0.2, 0.25) is 0 Å². The number of fused-ring (bicyclic) bond motifs is 1. The van der Waals surface area contributed by atoms with E-state index in [0.717, 1.165) is 16.5 Å². The average molecular weight is 296 g/mol. The predicted octanol–water partition coefficient (Wildman–Crippen LogP) is 3.00. The standard InChI is InChI=1S/C18H16O4/c1-21-16-11-17-14(9-13(16)7-8-19)10-15(18(20)22-17)12-5-3-2-4-6-12/h2-6,9-11,19H,7-8H2,1H3. The van der Waals surface area contributed by atoms with Crippen molar-refractivity contribution in [1.82, 2.24) is 0 Å². The Kier molecular flexibility index (Phi) is 3.94. The van der Waals surface area contributed by atoms with Gasteiger partial charge in [0.15, 0.2) is 0 Å². The number of ether oxygens (including phenoxy) is 1. The monoisotopic (exact) mass is 296 g/mol. The van der Waals surface area contributed by atoms with Gasteiger partial charge in [-0.3, -0.25) is 0 Å². The lowest BCUT2D eigenvalue weighted by Gasteiger charge is -2.09. The zero-order valence-corrected chi connectivity index (χ0v) is 12.2. The Morgan fingerprint density at radius 2 is 1.91 bits per heavy atom. The summed E-state index contributed by atoms with van der Waals surface area (Å²) in [4.78, 5) is 12.2. The number of hydrogen-bond donors (Lipinski definition) is 1. The fourth-order valence-electron chi connectivity index (χ4n) is 2.52. The second-order valence-electron chi connectivity index (χ2n) is 4.99. The highest BCUT2D eigenvalue weighted by Gasteiger charge is 2.11. The maximum atomic E-state index is 12.2. The molecule has 3 rings (SSSR count). The van der Waals surface area contributed by atoms with Gasteiger partial charge in [0.25, 0.3) is 0 Å². The third-order valence-electron chi connectivity index (χ3n) is 3.60. The second kappa shape index (κ2) is 6.03. The molecule has 4 nitrogen and oxygen atoms in total. The molecule has 112 valence electrons. The first-order chi connectivity index (χ1) is 10.7. The summed E-state index contributed by atoms with van der Waals surface area (Å²) in [5.74, 6) is 0.608. The molecular weight excluding hydrogens is 280 g/mol. The summed E-state index contributed by atoms with van der Waals surface area (Å²) in [5, 5.41) is 9.97. The Hall–Kier alpha value is -2.59. The van der Waals surface area contributed by atoms with Crippen molar-refractivity contribution in [2.45, 2.75) is 6.42 Å². The minimum atomic E-state index is -0.379. The molecule has 1 heterocycles. The van der Waals surface area contributed by atoms with Gasteiger partial charge in [-0.15, -0.1) is 0 Å². The molecule has 0 aliphatic carbocycles. The molecule has 4 heteroatoms. The van der Waals surface area contributed by atoms with Gasteiger partial charge in [-0.2, -0.15) is 0 Å². The SMILES string of the molecule is COc1cc2oc(=O)c(-c3ccccc3)cc2cc1CCO. The molecule has 0 aliphatic heterocycles. The van der Waals surface area contributed by atoms with Crippen molar-refractivity contribution in [3.8, 4) is 16.9 Å². The van der Waals surface area contributed by atoms with E-state index >= 15 is 0 Å². The minimum absolute atomic E-state index is 0.0319. The van der Waals surface area contributed by atoms with Crippen LogP contribution in [-0.2, 0) is 6.42 Å². The Bertz CT molecular complexity index is 850. The van der Waals surface area contributed by atoms with Gasteiger partial charge in [0.05, 0.1) is 12.7 Å². The maximum Gasteiger partial charge on any atom is 0.344 e. The van der Waals surface area contributed by atoms with Gasteiger partial charge in [-0.1, -0.05) is 30.3 Å². The summed E-state index contributed by atoms with van der Waals surface area (Å²) in [7, 11) is 1.55. The molecular formula is C18H16O4. The number of hydrogen-bond acceptors (Lipinski definition) is 4. The second-order valence-corrected chi connectivity index (χ2v) is 4.99. The summed E-state index contributed by atoms with van der Waals surface area (Å²) in [6, 6.07) is 14.8. The number of aliphatic hydroxyl groups is 1. The highest BCUT2D eigenvalue weighted by molar-refractivity contribution is 5.83. The molecule has 2 aromatic carbocycles. The zero-order chi connectivity index (χ0) is 15.5. The summed E-state index contributed by atoms with van der Waals surface area (Å²) in [6.07, 6.45) is 0.485. The van der Waals surface area contributed by atoms with Gasteiger partial charge in [-0.05, 0) is 29.7 Å². The number of aliphatic hydroxyl groups excluding tert-OH is 1. The van der Waals surface area contributed by atoms with E-state index in [1.54, 1.807) is 13.2 Å². The highest BCUT2D eigenvalue weighted by atomic mass is 16.5. The van der Waals surface area contributed by atoms with Gasteiger partial charge in [-0.25, -0.2) is 4.79 Å². The number of rotatable bonds is 4. The van der Waals surface area contributed by atoms with Crippen LogP contribution in [-0.4, -0.2) is 18.8 Å². The lowest BCUT2D eigenvalue weighted by atomic mass is 10.0. The van der Waals surface area contributed by atoms with E-state index in [9.17, 15) is 4.79 Å². The first kappa shape index (κ1) is 14.4. The molecule has 0 amide bonds. The van der Waals surface area contributed by atoms with Crippen molar-refractivity contribution in [2.24, 2.45) is 0 Å². The molecule has 1 N–H and O–H groups in total. The fourth-order valence-corrected chi connectivity index (χ4v) is 2.52.